The van der Waals surface area contributed by atoms with Crippen molar-refractivity contribution in [1.82, 2.24) is 15.0 Å². The molecule has 0 saturated carbocycles. The van der Waals surface area contributed by atoms with Crippen LogP contribution in [0.4, 0.5) is 34.9 Å². The van der Waals surface area contributed by atoms with E-state index in [1.807, 2.05) is 72.8 Å². The molecule has 1 heterocycles. The fraction of sp³-hybridized carbons (Fsp3) is 0.632. The third-order valence-electron chi connectivity index (χ3n) is 12.3. The molecule has 3 N–H and O–H groups in total. The van der Waals surface area contributed by atoms with Crippen molar-refractivity contribution >= 4 is 34.9 Å². The number of aromatic nitrogens is 3. The molecule has 0 aliphatic heterocycles. The summed E-state index contributed by atoms with van der Waals surface area (Å²) in [5, 5.41) is 10.2. The monoisotopic (exact) mass is 907 g/mol. The smallest absolute Gasteiger partial charge is 0.233 e. The highest BCUT2D eigenvalue weighted by Crippen LogP contribution is 2.25. The van der Waals surface area contributed by atoms with Crippen LogP contribution in [0.2, 0.25) is 0 Å². The number of hydrogen-bond acceptors (Lipinski definition) is 9. The zero-order chi connectivity index (χ0) is 46.4. The molecule has 0 fully saturated rings. The average Bonchev–Trinajstić information content (AvgIpc) is 3.33. The summed E-state index contributed by atoms with van der Waals surface area (Å²) < 4.78 is 18.2. The molecule has 66 heavy (non-hydrogen) atoms. The van der Waals surface area contributed by atoms with Crippen LogP contribution in [0.1, 0.15) is 213 Å². The number of rotatable bonds is 42. The van der Waals surface area contributed by atoms with Gasteiger partial charge in [0.05, 0.1) is 19.8 Å². The summed E-state index contributed by atoms with van der Waals surface area (Å²) in [5.74, 6) is 3.85. The van der Waals surface area contributed by atoms with Crippen molar-refractivity contribution in [2.24, 2.45) is 0 Å². The average molecular weight is 907 g/mol. The number of unbranched alkanes of at least 4 members (excludes halogenated alkanes) is 27. The predicted molar refractivity (Wildman–Crippen MR) is 281 cm³/mol. The molecule has 0 unspecified atom stereocenters. The van der Waals surface area contributed by atoms with Crippen molar-refractivity contribution in [2.45, 2.75) is 213 Å². The molecule has 0 atom stereocenters. The first-order chi connectivity index (χ1) is 32.6. The Morgan fingerprint density at radius 3 is 0.682 bits per heavy atom. The first-order valence-corrected chi connectivity index (χ1v) is 26.9. The number of ether oxygens (including phenoxy) is 3. The highest BCUT2D eigenvalue weighted by molar-refractivity contribution is 5.62. The molecule has 9 nitrogen and oxygen atoms in total. The highest BCUT2D eigenvalue weighted by atomic mass is 16.5. The number of nitrogens with one attached hydrogen (secondary N) is 3. The molecule has 366 valence electrons. The maximum absolute atomic E-state index is 6.08. The van der Waals surface area contributed by atoms with Gasteiger partial charge in [0, 0.05) is 17.1 Å². The summed E-state index contributed by atoms with van der Waals surface area (Å²) >= 11 is 0. The molecule has 1 aromatic heterocycles. The third-order valence-corrected chi connectivity index (χ3v) is 12.3. The standard InChI is InChI=1S/C57H90N6O3/c1-4-7-10-13-16-19-22-25-28-31-46-64-52-40-34-49(35-41-52)58-55-61-56(59-50-36-42-53(43-37-50)65-47-32-29-26-23-20-17-14-11-8-5-2)63-57(62-55)60-51-38-44-54(45-39-51)66-48-33-30-27-24-21-18-15-12-9-6-3/h34-45H,4-33,46-48H2,1-3H3,(H3,58,59,60,61,62,63). The van der Waals surface area contributed by atoms with Gasteiger partial charge in [0.1, 0.15) is 17.2 Å². The van der Waals surface area contributed by atoms with E-state index in [0.29, 0.717) is 17.8 Å². The predicted octanol–water partition coefficient (Wildman–Crippen LogP) is 18.0. The van der Waals surface area contributed by atoms with Crippen molar-refractivity contribution in [3.05, 3.63) is 72.8 Å². The molecule has 4 aromatic rings. The van der Waals surface area contributed by atoms with Crippen LogP contribution in [0, 0.1) is 0 Å². The molecule has 0 radical (unpaired) electrons. The van der Waals surface area contributed by atoms with Crippen molar-refractivity contribution in [3.8, 4) is 17.2 Å². The lowest BCUT2D eigenvalue weighted by Gasteiger charge is -2.13. The van der Waals surface area contributed by atoms with Gasteiger partial charge in [0.2, 0.25) is 17.8 Å². The quantitative estimate of drug-likeness (QED) is 0.0375. The van der Waals surface area contributed by atoms with Crippen LogP contribution in [0.5, 0.6) is 17.2 Å². The van der Waals surface area contributed by atoms with E-state index in [9.17, 15) is 0 Å². The summed E-state index contributed by atoms with van der Waals surface area (Å²) in [7, 11) is 0. The molecule has 0 amide bonds. The van der Waals surface area contributed by atoms with Gasteiger partial charge < -0.3 is 30.2 Å². The maximum atomic E-state index is 6.08. The molecular formula is C57H90N6O3. The Morgan fingerprint density at radius 2 is 0.470 bits per heavy atom. The molecule has 0 aliphatic rings. The third kappa shape index (κ3) is 26.0. The topological polar surface area (TPSA) is 102 Å². The molecule has 0 spiro atoms. The number of hydrogen-bond donors (Lipinski definition) is 3. The normalized spacial score (nSPS) is 11.1. The molecule has 9 heteroatoms. The lowest BCUT2D eigenvalue weighted by molar-refractivity contribution is 0.304. The molecule has 0 saturated heterocycles. The Bertz CT molecular complexity index is 1520. The van der Waals surface area contributed by atoms with Gasteiger partial charge in [0.25, 0.3) is 0 Å². The van der Waals surface area contributed by atoms with E-state index in [4.69, 9.17) is 29.2 Å². The van der Waals surface area contributed by atoms with Gasteiger partial charge in [-0.15, -0.1) is 0 Å². The minimum atomic E-state index is 0.418. The van der Waals surface area contributed by atoms with Gasteiger partial charge in [-0.25, -0.2) is 0 Å². The lowest BCUT2D eigenvalue weighted by atomic mass is 10.1. The molecular weight excluding hydrogens is 817 g/mol. The molecule has 0 aliphatic carbocycles. The van der Waals surface area contributed by atoms with E-state index in [2.05, 4.69) is 36.7 Å². The van der Waals surface area contributed by atoms with Gasteiger partial charge in [-0.2, -0.15) is 15.0 Å². The van der Waals surface area contributed by atoms with Crippen LogP contribution in [0.25, 0.3) is 0 Å². The van der Waals surface area contributed by atoms with E-state index in [1.165, 1.54) is 173 Å². The van der Waals surface area contributed by atoms with E-state index in [-0.39, 0.29) is 0 Å². The van der Waals surface area contributed by atoms with Crippen LogP contribution in [-0.4, -0.2) is 34.8 Å². The maximum Gasteiger partial charge on any atom is 0.233 e. The van der Waals surface area contributed by atoms with Gasteiger partial charge in [-0.1, -0.05) is 194 Å². The zero-order valence-electron chi connectivity index (χ0n) is 41.8. The van der Waals surface area contributed by atoms with Crippen molar-refractivity contribution in [2.75, 3.05) is 35.8 Å². The zero-order valence-corrected chi connectivity index (χ0v) is 41.8. The second kappa shape index (κ2) is 36.6. The first kappa shape index (κ1) is 54.1. The Kier molecular flexibility index (Phi) is 30.0. The Labute approximate surface area is 401 Å². The van der Waals surface area contributed by atoms with Crippen molar-refractivity contribution < 1.29 is 14.2 Å². The first-order valence-electron chi connectivity index (χ1n) is 26.9. The van der Waals surface area contributed by atoms with E-state index >= 15 is 0 Å². The van der Waals surface area contributed by atoms with E-state index < -0.39 is 0 Å². The number of anilines is 6. The summed E-state index contributed by atoms with van der Waals surface area (Å²) in [6.45, 7) is 9.04. The Hall–Kier alpha value is -4.53. The Morgan fingerprint density at radius 1 is 0.273 bits per heavy atom. The second-order valence-corrected chi connectivity index (χ2v) is 18.3. The van der Waals surface area contributed by atoms with Crippen LogP contribution in [0.15, 0.2) is 72.8 Å². The highest BCUT2D eigenvalue weighted by Gasteiger charge is 2.10. The summed E-state index contributed by atoms with van der Waals surface area (Å²) in [6.07, 6.45) is 39.4. The fourth-order valence-electron chi connectivity index (χ4n) is 8.17. The van der Waals surface area contributed by atoms with Crippen LogP contribution in [-0.2, 0) is 0 Å². The minimum Gasteiger partial charge on any atom is -0.494 e. The van der Waals surface area contributed by atoms with Crippen molar-refractivity contribution in [1.29, 1.82) is 0 Å². The van der Waals surface area contributed by atoms with E-state index in [0.717, 1.165) is 73.4 Å². The molecule has 4 rings (SSSR count). The second-order valence-electron chi connectivity index (χ2n) is 18.3. The number of nitrogens with zero attached hydrogens (tertiary/aromatic N) is 3. The number of benzene rings is 3. The summed E-state index contributed by atoms with van der Waals surface area (Å²) in [6, 6.07) is 24.0. The largest absolute Gasteiger partial charge is 0.494 e. The summed E-state index contributed by atoms with van der Waals surface area (Å²) in [5.41, 5.74) is 2.58. The van der Waals surface area contributed by atoms with Crippen LogP contribution < -0.4 is 30.2 Å². The lowest BCUT2D eigenvalue weighted by Crippen LogP contribution is -2.07. The van der Waals surface area contributed by atoms with Gasteiger partial charge in [-0.05, 0) is 92.1 Å². The molecule has 3 aromatic carbocycles. The van der Waals surface area contributed by atoms with Crippen LogP contribution >= 0.6 is 0 Å². The Balaban J connectivity index is 1.26. The van der Waals surface area contributed by atoms with Crippen molar-refractivity contribution in [3.63, 3.8) is 0 Å². The van der Waals surface area contributed by atoms with Gasteiger partial charge in [-0.3, -0.25) is 0 Å². The van der Waals surface area contributed by atoms with Gasteiger partial charge in [0.15, 0.2) is 0 Å². The van der Waals surface area contributed by atoms with E-state index in [1.54, 1.807) is 0 Å². The fourth-order valence-corrected chi connectivity index (χ4v) is 8.17. The molecule has 0 bridgehead atoms. The summed E-state index contributed by atoms with van der Waals surface area (Å²) in [4.78, 5) is 14.3. The SMILES string of the molecule is CCCCCCCCCCCCOc1ccc(Nc2nc(Nc3ccc(OCCCCCCCCCCCC)cc3)nc(Nc3ccc(OCCCCCCCCCCCC)cc3)n2)cc1. The van der Waals surface area contributed by atoms with Gasteiger partial charge >= 0.3 is 0 Å². The minimum absolute atomic E-state index is 0.418. The van der Waals surface area contributed by atoms with Crippen LogP contribution in [0.3, 0.4) is 0 Å².